The molecule has 0 radical (unpaired) electrons. The lowest BCUT2D eigenvalue weighted by Crippen LogP contribution is -2.32. The molecule has 0 spiro atoms. The van der Waals surface area contributed by atoms with Crippen LogP contribution in [0.25, 0.3) is 11.0 Å². The number of fused-ring (bicyclic) bond motifs is 1. The highest BCUT2D eigenvalue weighted by Crippen LogP contribution is 2.18. The average molecular weight is 340 g/mol. The van der Waals surface area contributed by atoms with Gasteiger partial charge < -0.3 is 14.8 Å². The molecule has 6 nitrogen and oxygen atoms in total. The van der Waals surface area contributed by atoms with E-state index in [2.05, 4.69) is 16.9 Å². The molecule has 0 saturated carbocycles. The van der Waals surface area contributed by atoms with Crippen molar-refractivity contribution in [2.45, 2.75) is 32.7 Å². The smallest absolute Gasteiger partial charge is 0.246 e. The van der Waals surface area contributed by atoms with E-state index in [1.807, 2.05) is 33.7 Å². The minimum absolute atomic E-state index is 0.132. The predicted molar refractivity (Wildman–Crippen MR) is 97.1 cm³/mol. The quantitative estimate of drug-likeness (QED) is 0.817. The number of likely N-dealkylation sites (tertiary alicyclic amines) is 1. The van der Waals surface area contributed by atoms with Crippen molar-refractivity contribution >= 4 is 22.8 Å². The normalized spacial score (nSPS) is 14.0. The standard InChI is InChI=1S/C19H24N4O2/c1-14(2)19(25)20-10-9-17-21-15-7-3-4-8-16(15)23(17)13-18(24)22-11-5-6-12-22/h3-4,7-8H,1,5-6,9-13H2,2H3,(H,20,25). The molecule has 1 aromatic carbocycles. The van der Waals surface area contributed by atoms with Gasteiger partial charge in [-0.3, -0.25) is 9.59 Å². The van der Waals surface area contributed by atoms with Gasteiger partial charge in [0.25, 0.3) is 0 Å². The fourth-order valence-electron chi connectivity index (χ4n) is 3.13. The van der Waals surface area contributed by atoms with E-state index in [-0.39, 0.29) is 11.8 Å². The Balaban J connectivity index is 1.78. The number of rotatable bonds is 6. The van der Waals surface area contributed by atoms with Gasteiger partial charge in [0, 0.05) is 31.6 Å². The van der Waals surface area contributed by atoms with Crippen molar-refractivity contribution in [3.63, 3.8) is 0 Å². The number of nitrogens with one attached hydrogen (secondary N) is 1. The number of benzene rings is 1. The number of para-hydroxylation sites is 2. The van der Waals surface area contributed by atoms with Gasteiger partial charge in [0.1, 0.15) is 12.4 Å². The van der Waals surface area contributed by atoms with Crippen molar-refractivity contribution in [3.05, 3.63) is 42.2 Å². The number of amides is 2. The molecule has 1 N–H and O–H groups in total. The third-order valence-electron chi connectivity index (χ3n) is 4.51. The van der Waals surface area contributed by atoms with E-state index in [0.717, 1.165) is 42.8 Å². The van der Waals surface area contributed by atoms with Crippen LogP contribution in [0.15, 0.2) is 36.4 Å². The Morgan fingerprint density at radius 2 is 1.96 bits per heavy atom. The Hall–Kier alpha value is -2.63. The van der Waals surface area contributed by atoms with Crippen molar-refractivity contribution in [2.75, 3.05) is 19.6 Å². The minimum Gasteiger partial charge on any atom is -0.352 e. The monoisotopic (exact) mass is 340 g/mol. The van der Waals surface area contributed by atoms with Gasteiger partial charge in [0.2, 0.25) is 11.8 Å². The summed E-state index contributed by atoms with van der Waals surface area (Å²) in [6.45, 7) is 7.76. The number of carbonyl (C=O) groups excluding carboxylic acids is 2. The van der Waals surface area contributed by atoms with Gasteiger partial charge in [-0.25, -0.2) is 4.98 Å². The molecule has 1 aliphatic rings. The number of imidazole rings is 1. The molecule has 132 valence electrons. The first-order valence-electron chi connectivity index (χ1n) is 8.72. The maximum atomic E-state index is 12.6. The van der Waals surface area contributed by atoms with Crippen molar-refractivity contribution in [1.82, 2.24) is 19.8 Å². The van der Waals surface area contributed by atoms with E-state index in [9.17, 15) is 9.59 Å². The van der Waals surface area contributed by atoms with Crippen LogP contribution < -0.4 is 5.32 Å². The lowest BCUT2D eigenvalue weighted by molar-refractivity contribution is -0.130. The summed E-state index contributed by atoms with van der Waals surface area (Å²) in [5.41, 5.74) is 2.31. The highest BCUT2D eigenvalue weighted by Gasteiger charge is 2.20. The Morgan fingerprint density at radius 3 is 2.68 bits per heavy atom. The van der Waals surface area contributed by atoms with Crippen LogP contribution in [0.4, 0.5) is 0 Å². The Bertz CT molecular complexity index is 803. The molecule has 1 aromatic heterocycles. The van der Waals surface area contributed by atoms with E-state index >= 15 is 0 Å². The molecule has 1 aliphatic heterocycles. The van der Waals surface area contributed by atoms with E-state index in [4.69, 9.17) is 0 Å². The summed E-state index contributed by atoms with van der Waals surface area (Å²) in [5, 5.41) is 2.82. The van der Waals surface area contributed by atoms with Gasteiger partial charge in [-0.1, -0.05) is 18.7 Å². The summed E-state index contributed by atoms with van der Waals surface area (Å²) in [4.78, 5) is 30.8. The lowest BCUT2D eigenvalue weighted by Gasteiger charge is -2.17. The van der Waals surface area contributed by atoms with Crippen molar-refractivity contribution < 1.29 is 9.59 Å². The molecule has 0 unspecified atom stereocenters. The molecule has 0 atom stereocenters. The van der Waals surface area contributed by atoms with Crippen molar-refractivity contribution in [3.8, 4) is 0 Å². The average Bonchev–Trinajstić information content (AvgIpc) is 3.23. The number of hydrogen-bond donors (Lipinski definition) is 1. The first kappa shape index (κ1) is 17.2. The third-order valence-corrected chi connectivity index (χ3v) is 4.51. The highest BCUT2D eigenvalue weighted by molar-refractivity contribution is 5.92. The van der Waals surface area contributed by atoms with E-state index in [1.54, 1.807) is 6.92 Å². The van der Waals surface area contributed by atoms with Crippen molar-refractivity contribution in [1.29, 1.82) is 0 Å². The molecular weight excluding hydrogens is 316 g/mol. The molecule has 2 heterocycles. The molecule has 6 heteroatoms. The number of hydrogen-bond acceptors (Lipinski definition) is 3. The van der Waals surface area contributed by atoms with Crippen LogP contribution in [0.1, 0.15) is 25.6 Å². The maximum Gasteiger partial charge on any atom is 0.246 e. The van der Waals surface area contributed by atoms with Crippen LogP contribution >= 0.6 is 0 Å². The van der Waals surface area contributed by atoms with E-state index in [0.29, 0.717) is 25.1 Å². The summed E-state index contributed by atoms with van der Waals surface area (Å²) in [5.74, 6) is 0.791. The molecule has 0 aliphatic carbocycles. The molecule has 25 heavy (non-hydrogen) atoms. The van der Waals surface area contributed by atoms with Crippen LogP contribution in [-0.4, -0.2) is 45.9 Å². The molecule has 1 saturated heterocycles. The number of carbonyl (C=O) groups is 2. The minimum atomic E-state index is -0.157. The Kier molecular flexibility index (Phi) is 5.16. The van der Waals surface area contributed by atoms with Crippen LogP contribution in [0.2, 0.25) is 0 Å². The van der Waals surface area contributed by atoms with Gasteiger partial charge in [-0.15, -0.1) is 0 Å². The van der Waals surface area contributed by atoms with E-state index in [1.165, 1.54) is 0 Å². The maximum absolute atomic E-state index is 12.6. The van der Waals surface area contributed by atoms with Gasteiger partial charge in [0.05, 0.1) is 11.0 Å². The molecular formula is C19H24N4O2. The summed E-state index contributed by atoms with van der Waals surface area (Å²) in [6.07, 6.45) is 2.73. The zero-order valence-corrected chi connectivity index (χ0v) is 14.6. The fourth-order valence-corrected chi connectivity index (χ4v) is 3.13. The van der Waals surface area contributed by atoms with Crippen LogP contribution in [0.3, 0.4) is 0 Å². The third kappa shape index (κ3) is 3.90. The fraction of sp³-hybridized carbons (Fsp3) is 0.421. The molecule has 2 aromatic rings. The second-order valence-electron chi connectivity index (χ2n) is 6.48. The second kappa shape index (κ2) is 7.51. The van der Waals surface area contributed by atoms with Crippen LogP contribution in [-0.2, 0) is 22.6 Å². The van der Waals surface area contributed by atoms with Gasteiger partial charge in [0.15, 0.2) is 0 Å². The largest absolute Gasteiger partial charge is 0.352 e. The first-order chi connectivity index (χ1) is 12.1. The number of nitrogens with zero attached hydrogens (tertiary/aromatic N) is 3. The van der Waals surface area contributed by atoms with Gasteiger partial charge in [-0.2, -0.15) is 0 Å². The molecule has 2 amide bonds. The topological polar surface area (TPSA) is 67.2 Å². The summed E-state index contributed by atoms with van der Waals surface area (Å²) in [7, 11) is 0. The van der Waals surface area contributed by atoms with Crippen LogP contribution in [0, 0.1) is 0 Å². The summed E-state index contributed by atoms with van der Waals surface area (Å²) < 4.78 is 1.98. The zero-order chi connectivity index (χ0) is 17.8. The molecule has 1 fully saturated rings. The molecule has 3 rings (SSSR count). The van der Waals surface area contributed by atoms with Gasteiger partial charge in [-0.05, 0) is 31.9 Å². The van der Waals surface area contributed by atoms with Crippen LogP contribution in [0.5, 0.6) is 0 Å². The van der Waals surface area contributed by atoms with Gasteiger partial charge >= 0.3 is 0 Å². The second-order valence-corrected chi connectivity index (χ2v) is 6.48. The van der Waals surface area contributed by atoms with Crippen molar-refractivity contribution in [2.24, 2.45) is 0 Å². The summed E-state index contributed by atoms with van der Waals surface area (Å²) in [6, 6.07) is 7.82. The first-order valence-corrected chi connectivity index (χ1v) is 8.72. The predicted octanol–water partition coefficient (Wildman–Crippen LogP) is 1.89. The Morgan fingerprint density at radius 1 is 1.24 bits per heavy atom. The summed E-state index contributed by atoms with van der Waals surface area (Å²) >= 11 is 0. The lowest BCUT2D eigenvalue weighted by atomic mass is 10.3. The molecule has 0 bridgehead atoms. The Labute approximate surface area is 147 Å². The highest BCUT2D eigenvalue weighted by atomic mass is 16.2. The van der Waals surface area contributed by atoms with E-state index < -0.39 is 0 Å². The SMILES string of the molecule is C=C(C)C(=O)NCCc1nc2ccccc2n1CC(=O)N1CCCC1. The zero-order valence-electron chi connectivity index (χ0n) is 14.6. The number of aromatic nitrogens is 2.